The number of carbonyl (C=O) groups excluding carboxylic acids is 2. The van der Waals surface area contributed by atoms with E-state index in [4.69, 9.17) is 15.5 Å². The summed E-state index contributed by atoms with van der Waals surface area (Å²) in [6.45, 7) is 4.62. The van der Waals surface area contributed by atoms with Crippen molar-refractivity contribution >= 4 is 17.8 Å². The normalized spacial score (nSPS) is 19.1. The van der Waals surface area contributed by atoms with Gasteiger partial charge in [0, 0.05) is 17.5 Å². The molecule has 0 aromatic heterocycles. The van der Waals surface area contributed by atoms with Crippen LogP contribution in [0, 0.1) is 0 Å². The number of aliphatic imine (C=N–C) groups is 1. The Bertz CT molecular complexity index is 1350. The van der Waals surface area contributed by atoms with E-state index >= 15 is 0 Å². The summed E-state index contributed by atoms with van der Waals surface area (Å²) in [7, 11) is 0. The standard InChI is InChI=1S/C31H34N4O3/c1-3-31(4-2)20-27(36)35(30(32)34-31)28(21-11-6-5-7-12-21)22-13-10-14-23(19-22)29(37)33-25-17-18-38-26-16-9-8-15-24(25)26/h5-16,19,25,28H,3-4,17-18,20H2,1-2H3,(H2,32,34)(H,33,37)/t25-,28-/m1/s1. The molecule has 3 aromatic rings. The van der Waals surface area contributed by atoms with Crippen molar-refractivity contribution in [1.82, 2.24) is 10.2 Å². The monoisotopic (exact) mass is 510 g/mol. The van der Waals surface area contributed by atoms with Crippen LogP contribution >= 0.6 is 0 Å². The summed E-state index contributed by atoms with van der Waals surface area (Å²) in [5.74, 6) is 0.773. The van der Waals surface area contributed by atoms with Gasteiger partial charge >= 0.3 is 0 Å². The van der Waals surface area contributed by atoms with Crippen LogP contribution in [0.25, 0.3) is 0 Å². The van der Waals surface area contributed by atoms with Gasteiger partial charge in [-0.05, 0) is 42.2 Å². The second kappa shape index (κ2) is 10.7. The summed E-state index contributed by atoms with van der Waals surface area (Å²) in [5.41, 5.74) is 9.22. The van der Waals surface area contributed by atoms with Gasteiger partial charge in [-0.1, -0.05) is 74.5 Å². The van der Waals surface area contributed by atoms with Crippen LogP contribution in [0.3, 0.4) is 0 Å². The van der Waals surface area contributed by atoms with Crippen LogP contribution in [0.4, 0.5) is 0 Å². The highest BCUT2D eigenvalue weighted by atomic mass is 16.5. The number of carbonyl (C=O) groups is 2. The predicted octanol–water partition coefficient (Wildman–Crippen LogP) is 5.14. The van der Waals surface area contributed by atoms with Gasteiger partial charge in [0.2, 0.25) is 5.91 Å². The molecule has 38 heavy (non-hydrogen) atoms. The van der Waals surface area contributed by atoms with Crippen molar-refractivity contribution in [2.24, 2.45) is 10.7 Å². The Morgan fingerprint density at radius 1 is 1.05 bits per heavy atom. The van der Waals surface area contributed by atoms with Crippen LogP contribution in [-0.2, 0) is 4.79 Å². The third-order valence-electron chi connectivity index (χ3n) is 7.77. The van der Waals surface area contributed by atoms with E-state index in [1.807, 2.05) is 86.6 Å². The molecule has 196 valence electrons. The molecule has 7 nitrogen and oxygen atoms in total. The summed E-state index contributed by atoms with van der Waals surface area (Å²) in [4.78, 5) is 33.4. The largest absolute Gasteiger partial charge is 0.493 e. The van der Waals surface area contributed by atoms with E-state index in [0.717, 1.165) is 35.3 Å². The minimum Gasteiger partial charge on any atom is -0.493 e. The zero-order valence-corrected chi connectivity index (χ0v) is 21.9. The van der Waals surface area contributed by atoms with Crippen molar-refractivity contribution in [3.05, 3.63) is 101 Å². The number of rotatable bonds is 7. The van der Waals surface area contributed by atoms with Gasteiger partial charge in [0.05, 0.1) is 30.7 Å². The molecule has 0 saturated carbocycles. The first-order chi connectivity index (χ1) is 18.4. The van der Waals surface area contributed by atoms with Crippen LogP contribution in [0.2, 0.25) is 0 Å². The maximum atomic E-state index is 13.6. The molecule has 2 aliphatic rings. The molecule has 0 fully saturated rings. The minimum atomic E-state index is -0.504. The second-order valence-corrected chi connectivity index (χ2v) is 9.98. The number of nitrogens with zero attached hydrogens (tertiary/aromatic N) is 2. The lowest BCUT2D eigenvalue weighted by Gasteiger charge is -2.40. The molecule has 2 heterocycles. The number of para-hydroxylation sites is 1. The summed E-state index contributed by atoms with van der Waals surface area (Å²) in [6.07, 6.45) is 2.48. The van der Waals surface area contributed by atoms with Crippen molar-refractivity contribution in [2.45, 2.75) is 57.2 Å². The first-order valence-electron chi connectivity index (χ1n) is 13.3. The van der Waals surface area contributed by atoms with Crippen LogP contribution in [0.5, 0.6) is 5.75 Å². The molecule has 2 aliphatic heterocycles. The molecule has 0 spiro atoms. The molecule has 0 unspecified atom stereocenters. The zero-order chi connectivity index (χ0) is 26.7. The third kappa shape index (κ3) is 4.88. The molecule has 0 bridgehead atoms. The van der Waals surface area contributed by atoms with Gasteiger partial charge in [0.1, 0.15) is 5.75 Å². The van der Waals surface area contributed by atoms with E-state index in [1.165, 1.54) is 0 Å². The number of ether oxygens (including phenoxy) is 1. The van der Waals surface area contributed by atoms with Crippen molar-refractivity contribution < 1.29 is 14.3 Å². The number of nitrogens with two attached hydrogens (primary N) is 1. The van der Waals surface area contributed by atoms with E-state index in [9.17, 15) is 9.59 Å². The van der Waals surface area contributed by atoms with Crippen molar-refractivity contribution in [1.29, 1.82) is 0 Å². The Balaban J connectivity index is 1.49. The highest BCUT2D eigenvalue weighted by Gasteiger charge is 2.41. The van der Waals surface area contributed by atoms with E-state index in [-0.39, 0.29) is 23.8 Å². The molecule has 5 rings (SSSR count). The van der Waals surface area contributed by atoms with E-state index in [1.54, 1.807) is 11.0 Å². The molecule has 7 heteroatoms. The van der Waals surface area contributed by atoms with Crippen LogP contribution in [0.15, 0.2) is 83.9 Å². The Morgan fingerprint density at radius 2 is 1.76 bits per heavy atom. The average Bonchev–Trinajstić information content (AvgIpc) is 2.95. The van der Waals surface area contributed by atoms with Gasteiger partial charge in [0.25, 0.3) is 5.91 Å². The number of hydrogen-bond donors (Lipinski definition) is 2. The summed E-state index contributed by atoms with van der Waals surface area (Å²) >= 11 is 0. The quantitative estimate of drug-likeness (QED) is 0.460. The molecule has 3 aromatic carbocycles. The fraction of sp³-hybridized carbons (Fsp3) is 0.323. The Kier molecular flexibility index (Phi) is 7.18. The lowest BCUT2D eigenvalue weighted by atomic mass is 9.86. The van der Waals surface area contributed by atoms with Crippen LogP contribution < -0.4 is 15.8 Å². The Morgan fingerprint density at radius 3 is 2.50 bits per heavy atom. The van der Waals surface area contributed by atoms with E-state index in [2.05, 4.69) is 5.32 Å². The van der Waals surface area contributed by atoms with Crippen molar-refractivity contribution in [3.63, 3.8) is 0 Å². The van der Waals surface area contributed by atoms with Gasteiger partial charge in [-0.3, -0.25) is 14.5 Å². The first kappa shape index (κ1) is 25.5. The lowest BCUT2D eigenvalue weighted by Crippen LogP contribution is -2.52. The molecule has 0 aliphatic carbocycles. The Labute approximate surface area is 223 Å². The highest BCUT2D eigenvalue weighted by molar-refractivity contribution is 6.00. The van der Waals surface area contributed by atoms with Gasteiger partial charge in [-0.25, -0.2) is 4.99 Å². The van der Waals surface area contributed by atoms with Crippen LogP contribution in [0.1, 0.15) is 78.7 Å². The van der Waals surface area contributed by atoms with Gasteiger partial charge in [0.15, 0.2) is 5.96 Å². The molecular formula is C31H34N4O3. The molecule has 0 saturated heterocycles. The number of benzene rings is 3. The highest BCUT2D eigenvalue weighted by Crippen LogP contribution is 2.37. The number of nitrogens with one attached hydrogen (secondary N) is 1. The molecule has 2 atom stereocenters. The topological polar surface area (TPSA) is 97.0 Å². The lowest BCUT2D eigenvalue weighted by molar-refractivity contribution is -0.131. The van der Waals surface area contributed by atoms with Crippen LogP contribution in [-0.4, -0.2) is 34.8 Å². The van der Waals surface area contributed by atoms with Gasteiger partial charge < -0.3 is 15.8 Å². The molecule has 2 amide bonds. The fourth-order valence-corrected chi connectivity index (χ4v) is 5.47. The second-order valence-electron chi connectivity index (χ2n) is 9.98. The Hall–Kier alpha value is -4.13. The maximum Gasteiger partial charge on any atom is 0.251 e. The predicted molar refractivity (Wildman–Crippen MR) is 148 cm³/mol. The van der Waals surface area contributed by atoms with Gasteiger partial charge in [-0.15, -0.1) is 0 Å². The maximum absolute atomic E-state index is 13.6. The smallest absolute Gasteiger partial charge is 0.251 e. The summed E-state index contributed by atoms with van der Waals surface area (Å²) in [6, 6.07) is 24.3. The number of guanidine groups is 1. The fourth-order valence-electron chi connectivity index (χ4n) is 5.47. The third-order valence-corrected chi connectivity index (χ3v) is 7.77. The number of hydrogen-bond acceptors (Lipinski definition) is 5. The number of amides is 2. The van der Waals surface area contributed by atoms with E-state index < -0.39 is 11.6 Å². The molecule has 0 radical (unpaired) electrons. The number of fused-ring (bicyclic) bond motifs is 1. The summed E-state index contributed by atoms with van der Waals surface area (Å²) < 4.78 is 5.75. The van der Waals surface area contributed by atoms with Crippen molar-refractivity contribution in [3.8, 4) is 5.75 Å². The van der Waals surface area contributed by atoms with Crippen molar-refractivity contribution in [2.75, 3.05) is 6.61 Å². The van der Waals surface area contributed by atoms with E-state index in [0.29, 0.717) is 25.0 Å². The van der Waals surface area contributed by atoms with Gasteiger partial charge in [-0.2, -0.15) is 0 Å². The summed E-state index contributed by atoms with van der Waals surface area (Å²) in [5, 5.41) is 3.17. The zero-order valence-electron chi connectivity index (χ0n) is 21.9. The molecular weight excluding hydrogens is 476 g/mol. The first-order valence-corrected chi connectivity index (χ1v) is 13.3. The average molecular weight is 511 g/mol. The molecule has 3 N–H and O–H groups in total. The SMILES string of the molecule is CCC1(CC)CC(=O)N([C@H](c2ccccc2)c2cccc(C(=O)N[C@@H]3CCOc4ccccc43)c2)C(N)=N1. The minimum absolute atomic E-state index is 0.0660.